The molecule has 0 spiro atoms. The molecule has 0 atom stereocenters. The first-order valence-corrected chi connectivity index (χ1v) is 2.91. The van der Waals surface area contributed by atoms with E-state index >= 15 is 0 Å². The molecule has 2 nitrogen and oxygen atoms in total. The fraction of sp³-hybridized carbons (Fsp3) is 0.429. The molecular weight excluding hydrogens is 116 g/mol. The van der Waals surface area contributed by atoms with Crippen molar-refractivity contribution in [1.29, 1.82) is 0 Å². The molecule has 0 saturated carbocycles. The number of hydrogen-bond acceptors (Lipinski definition) is 2. The Morgan fingerprint density at radius 3 is 2.89 bits per heavy atom. The molecule has 0 heterocycles. The molecule has 0 saturated heterocycles. The molecule has 0 bridgehead atoms. The van der Waals surface area contributed by atoms with Crippen LogP contribution in [0.25, 0.3) is 0 Å². The van der Waals surface area contributed by atoms with E-state index in [1.54, 1.807) is 6.08 Å². The first-order valence-electron chi connectivity index (χ1n) is 2.91. The normalized spacial score (nSPS) is 11.0. The Labute approximate surface area is 55.5 Å². The van der Waals surface area contributed by atoms with Crippen molar-refractivity contribution in [2.45, 2.75) is 13.3 Å². The minimum atomic E-state index is 0.233. The van der Waals surface area contributed by atoms with Crippen molar-refractivity contribution < 1.29 is 9.84 Å². The molecule has 0 amide bonds. The molecule has 0 unspecified atom stereocenters. The molecule has 0 aliphatic heterocycles. The van der Waals surface area contributed by atoms with Crippen LogP contribution in [-0.2, 0) is 4.74 Å². The first-order chi connectivity index (χ1) is 4.31. The van der Waals surface area contributed by atoms with E-state index in [-0.39, 0.29) is 12.4 Å². The molecule has 9 heavy (non-hydrogen) atoms. The lowest BCUT2D eigenvalue weighted by atomic mass is 10.4. The lowest BCUT2D eigenvalue weighted by molar-refractivity contribution is 0.223. The molecule has 0 radical (unpaired) electrons. The summed E-state index contributed by atoms with van der Waals surface area (Å²) >= 11 is 0. The summed E-state index contributed by atoms with van der Waals surface area (Å²) in [7, 11) is 0. The molecule has 0 aromatic rings. The average molecular weight is 128 g/mol. The van der Waals surface area contributed by atoms with Gasteiger partial charge in [0.2, 0.25) is 0 Å². The molecule has 0 rings (SSSR count). The van der Waals surface area contributed by atoms with Gasteiger partial charge in [-0.25, -0.2) is 0 Å². The van der Waals surface area contributed by atoms with Crippen molar-refractivity contribution in [2.75, 3.05) is 6.61 Å². The summed E-state index contributed by atoms with van der Waals surface area (Å²) in [5, 5.41) is 8.87. The van der Waals surface area contributed by atoms with Gasteiger partial charge in [-0.1, -0.05) is 13.5 Å². The second-order valence-corrected chi connectivity index (χ2v) is 1.58. The van der Waals surface area contributed by atoms with E-state index < -0.39 is 0 Å². The third-order valence-corrected chi connectivity index (χ3v) is 0.789. The highest BCUT2D eigenvalue weighted by atomic mass is 16.5. The van der Waals surface area contributed by atoms with Gasteiger partial charge in [0.25, 0.3) is 0 Å². The molecule has 0 fully saturated rings. The van der Waals surface area contributed by atoms with E-state index in [1.165, 1.54) is 6.26 Å². The highest BCUT2D eigenvalue weighted by molar-refractivity contribution is 4.90. The second kappa shape index (κ2) is 5.22. The van der Waals surface area contributed by atoms with Crippen LogP contribution >= 0.6 is 0 Å². The molecule has 0 aromatic heterocycles. The quantitative estimate of drug-likeness (QED) is 0.587. The van der Waals surface area contributed by atoms with Gasteiger partial charge in [0.05, 0.1) is 6.26 Å². The van der Waals surface area contributed by atoms with Crippen LogP contribution < -0.4 is 0 Å². The smallest absolute Gasteiger partial charge is 0.144 e. The Hall–Kier alpha value is -0.920. The lowest BCUT2D eigenvalue weighted by Crippen LogP contribution is -1.90. The van der Waals surface area contributed by atoms with E-state index in [4.69, 9.17) is 9.84 Å². The summed E-state index contributed by atoms with van der Waals surface area (Å²) in [6, 6.07) is 0. The van der Waals surface area contributed by atoms with Crippen molar-refractivity contribution in [3.05, 3.63) is 24.7 Å². The van der Waals surface area contributed by atoms with Crippen molar-refractivity contribution in [1.82, 2.24) is 0 Å². The van der Waals surface area contributed by atoms with Gasteiger partial charge >= 0.3 is 0 Å². The third-order valence-electron chi connectivity index (χ3n) is 0.789. The summed E-state index contributed by atoms with van der Waals surface area (Å²) in [4.78, 5) is 0. The monoisotopic (exact) mass is 128 g/mol. The van der Waals surface area contributed by atoms with Crippen LogP contribution in [0, 0.1) is 0 Å². The maximum absolute atomic E-state index is 8.87. The number of aliphatic hydroxyl groups excluding tert-OH is 1. The van der Waals surface area contributed by atoms with Gasteiger partial charge in [-0.3, -0.25) is 0 Å². The zero-order valence-corrected chi connectivity index (χ0v) is 5.63. The van der Waals surface area contributed by atoms with Gasteiger partial charge in [0, 0.05) is 0 Å². The van der Waals surface area contributed by atoms with Crippen LogP contribution in [0.2, 0.25) is 0 Å². The topological polar surface area (TPSA) is 29.5 Å². The van der Waals surface area contributed by atoms with E-state index in [2.05, 4.69) is 6.58 Å². The summed E-state index contributed by atoms with van der Waals surface area (Å²) in [6.45, 7) is 5.51. The number of hydrogen-bond donors (Lipinski definition) is 1. The third kappa shape index (κ3) is 4.94. The molecule has 2 heteroatoms. The first kappa shape index (κ1) is 8.08. The van der Waals surface area contributed by atoms with Gasteiger partial charge in [0.1, 0.15) is 12.4 Å². The lowest BCUT2D eigenvalue weighted by Gasteiger charge is -1.96. The van der Waals surface area contributed by atoms with Crippen molar-refractivity contribution in [3.63, 3.8) is 0 Å². The highest BCUT2D eigenvalue weighted by Gasteiger charge is 1.86. The standard InChI is InChI=1S/C7H12O2/c1-3-5-7(8)6-9-4-2/h4-5,8H,2-3,6H2,1H3/b7-5+. The Kier molecular flexibility index (Phi) is 4.69. The van der Waals surface area contributed by atoms with Gasteiger partial charge in [-0.2, -0.15) is 0 Å². The average Bonchev–Trinajstić information content (AvgIpc) is 1.85. The minimum Gasteiger partial charge on any atom is -0.509 e. The number of allylic oxidation sites excluding steroid dienone is 1. The Balaban J connectivity index is 3.36. The van der Waals surface area contributed by atoms with Gasteiger partial charge in [0.15, 0.2) is 0 Å². The van der Waals surface area contributed by atoms with E-state index in [9.17, 15) is 0 Å². The van der Waals surface area contributed by atoms with Crippen molar-refractivity contribution in [3.8, 4) is 0 Å². The predicted octanol–water partition coefficient (Wildman–Crippen LogP) is 2.00. The molecule has 0 aromatic carbocycles. The molecule has 0 aliphatic carbocycles. The predicted molar refractivity (Wildman–Crippen MR) is 37.2 cm³/mol. The minimum absolute atomic E-state index is 0.233. The van der Waals surface area contributed by atoms with Crippen molar-refractivity contribution in [2.24, 2.45) is 0 Å². The van der Waals surface area contributed by atoms with Gasteiger partial charge in [-0.05, 0) is 12.5 Å². The van der Waals surface area contributed by atoms with Crippen LogP contribution in [0.3, 0.4) is 0 Å². The largest absolute Gasteiger partial charge is 0.509 e. The second-order valence-electron chi connectivity index (χ2n) is 1.58. The maximum Gasteiger partial charge on any atom is 0.144 e. The Morgan fingerprint density at radius 1 is 1.78 bits per heavy atom. The van der Waals surface area contributed by atoms with E-state index in [0.29, 0.717) is 0 Å². The fourth-order valence-electron chi connectivity index (χ4n) is 0.439. The van der Waals surface area contributed by atoms with Gasteiger partial charge < -0.3 is 9.84 Å². The summed E-state index contributed by atoms with van der Waals surface area (Å²) in [5.41, 5.74) is 0. The molecule has 0 aliphatic rings. The van der Waals surface area contributed by atoms with E-state index in [1.807, 2.05) is 6.92 Å². The van der Waals surface area contributed by atoms with Crippen LogP contribution in [-0.4, -0.2) is 11.7 Å². The zero-order valence-electron chi connectivity index (χ0n) is 5.63. The summed E-state index contributed by atoms with van der Waals surface area (Å²) in [5.74, 6) is 0.261. The highest BCUT2D eigenvalue weighted by Crippen LogP contribution is 1.91. The van der Waals surface area contributed by atoms with Crippen LogP contribution in [0.15, 0.2) is 24.7 Å². The number of ether oxygens (including phenoxy) is 1. The molecule has 1 N–H and O–H groups in total. The summed E-state index contributed by atoms with van der Waals surface area (Å²) in [6.07, 6.45) is 3.83. The molecule has 52 valence electrons. The maximum atomic E-state index is 8.87. The van der Waals surface area contributed by atoms with Crippen LogP contribution in [0.4, 0.5) is 0 Å². The SMILES string of the molecule is C=COC/C(O)=C\CC. The van der Waals surface area contributed by atoms with Gasteiger partial charge in [-0.15, -0.1) is 0 Å². The Bertz CT molecular complexity index is 105. The number of aliphatic hydroxyl groups is 1. The fourth-order valence-corrected chi connectivity index (χ4v) is 0.439. The zero-order chi connectivity index (χ0) is 7.11. The Morgan fingerprint density at radius 2 is 2.44 bits per heavy atom. The van der Waals surface area contributed by atoms with Crippen LogP contribution in [0.1, 0.15) is 13.3 Å². The summed E-state index contributed by atoms with van der Waals surface area (Å²) < 4.78 is 4.69. The van der Waals surface area contributed by atoms with E-state index in [0.717, 1.165) is 6.42 Å². The van der Waals surface area contributed by atoms with Crippen molar-refractivity contribution >= 4 is 0 Å². The number of rotatable bonds is 4. The van der Waals surface area contributed by atoms with Crippen LogP contribution in [0.5, 0.6) is 0 Å². The molecular formula is C7H12O2.